The molecule has 0 aromatic heterocycles. The summed E-state index contributed by atoms with van der Waals surface area (Å²) >= 11 is 0. The van der Waals surface area contributed by atoms with E-state index in [1.807, 2.05) is 37.2 Å². The third-order valence-electron chi connectivity index (χ3n) is 1.36. The summed E-state index contributed by atoms with van der Waals surface area (Å²) in [6, 6.07) is 7.25. The highest BCUT2D eigenvalue weighted by atomic mass is 15.1. The van der Waals surface area contributed by atoms with Crippen molar-refractivity contribution in [3.8, 4) is 0 Å². The van der Waals surface area contributed by atoms with Crippen molar-refractivity contribution in [1.29, 1.82) is 0 Å². The first-order chi connectivity index (χ1) is 4.72. The first kappa shape index (κ1) is 6.93. The summed E-state index contributed by atoms with van der Waals surface area (Å²) in [7, 11) is 3.80. The second kappa shape index (κ2) is 2.60. The molecule has 52 valence electrons. The molecule has 0 aliphatic heterocycles. The zero-order valence-corrected chi connectivity index (χ0v) is 6.20. The molecule has 0 N–H and O–H groups in total. The van der Waals surface area contributed by atoms with E-state index in [2.05, 4.69) is 0 Å². The molecular formula is C8H10N2. The Morgan fingerprint density at radius 2 is 1.80 bits per heavy atom. The Kier molecular flexibility index (Phi) is 1.81. The van der Waals surface area contributed by atoms with Crippen LogP contribution in [0.15, 0.2) is 24.3 Å². The van der Waals surface area contributed by atoms with Crippen molar-refractivity contribution in [2.75, 3.05) is 19.0 Å². The van der Waals surface area contributed by atoms with Gasteiger partial charge in [0.25, 0.3) is 0 Å². The van der Waals surface area contributed by atoms with Crippen LogP contribution in [0.2, 0.25) is 0 Å². The first-order valence-corrected chi connectivity index (χ1v) is 3.17. The fourth-order valence-corrected chi connectivity index (χ4v) is 0.842. The maximum atomic E-state index is 9.24. The van der Waals surface area contributed by atoms with Gasteiger partial charge in [-0.1, -0.05) is 12.1 Å². The number of nitrogens with zero attached hydrogens (tertiary/aromatic N) is 2. The second-order valence-corrected chi connectivity index (χ2v) is 2.38. The van der Waals surface area contributed by atoms with Gasteiger partial charge in [0.1, 0.15) is 5.69 Å². The van der Waals surface area contributed by atoms with Gasteiger partial charge in [-0.2, -0.15) is 0 Å². The predicted molar refractivity (Wildman–Crippen MR) is 42.6 cm³/mol. The summed E-state index contributed by atoms with van der Waals surface area (Å²) in [5.41, 5.74) is 10.4. The highest BCUT2D eigenvalue weighted by Gasteiger charge is 1.98. The van der Waals surface area contributed by atoms with E-state index in [9.17, 15) is 5.73 Å². The largest absolute Gasteiger partial charge is 0.376 e. The van der Waals surface area contributed by atoms with Crippen LogP contribution in [0.4, 0.5) is 11.4 Å². The van der Waals surface area contributed by atoms with Gasteiger partial charge in [-0.3, -0.25) is 0 Å². The normalized spacial score (nSPS) is 9.40. The second-order valence-electron chi connectivity index (χ2n) is 2.38. The Bertz CT molecular complexity index is 218. The summed E-state index contributed by atoms with van der Waals surface area (Å²) in [6.45, 7) is 0. The Labute approximate surface area is 61.3 Å². The summed E-state index contributed by atoms with van der Waals surface area (Å²) in [4.78, 5) is 1.87. The number of para-hydroxylation sites is 1. The summed E-state index contributed by atoms with van der Waals surface area (Å²) in [5, 5.41) is 0. The Balaban J connectivity index is 3.03. The molecule has 0 bridgehead atoms. The fourth-order valence-electron chi connectivity index (χ4n) is 0.842. The van der Waals surface area contributed by atoms with Crippen LogP contribution in [0.25, 0.3) is 0 Å². The van der Waals surface area contributed by atoms with Crippen molar-refractivity contribution < 1.29 is 0 Å². The van der Waals surface area contributed by atoms with Gasteiger partial charge in [-0.25, -0.2) is 0 Å². The Morgan fingerprint density at radius 3 is 2.20 bits per heavy atom. The van der Waals surface area contributed by atoms with Crippen molar-refractivity contribution in [3.05, 3.63) is 24.3 Å². The van der Waals surface area contributed by atoms with Crippen molar-refractivity contribution in [1.82, 2.24) is 5.73 Å². The van der Waals surface area contributed by atoms with Crippen LogP contribution in [-0.4, -0.2) is 14.1 Å². The lowest BCUT2D eigenvalue weighted by molar-refractivity contribution is 1.13. The van der Waals surface area contributed by atoms with Crippen LogP contribution in [0, 0.1) is 0 Å². The summed E-state index contributed by atoms with van der Waals surface area (Å²) in [6.07, 6.45) is 0. The molecule has 0 fully saturated rings. The van der Waals surface area contributed by atoms with E-state index in [0.29, 0.717) is 5.69 Å². The molecule has 10 heavy (non-hydrogen) atoms. The molecule has 0 unspecified atom stereocenters. The van der Waals surface area contributed by atoms with Gasteiger partial charge in [0.05, 0.1) is 5.69 Å². The fraction of sp³-hybridized carbons (Fsp3) is 0.250. The third-order valence-corrected chi connectivity index (χ3v) is 1.36. The molecule has 2 radical (unpaired) electrons. The molecule has 0 aliphatic carbocycles. The number of hydrogen-bond acceptors (Lipinski definition) is 1. The van der Waals surface area contributed by atoms with Crippen molar-refractivity contribution in [3.63, 3.8) is 0 Å². The standard InChI is InChI=1S/C8H10N2/c1-10(2)8-6-4-3-5-7(8)9/h3-6H,1-2H3. The molecule has 0 spiro atoms. The average molecular weight is 134 g/mol. The minimum absolute atomic E-state index is 0.326. The quantitative estimate of drug-likeness (QED) is 0.570. The van der Waals surface area contributed by atoms with E-state index in [0.717, 1.165) is 5.69 Å². The molecular weight excluding hydrogens is 124 g/mol. The lowest BCUT2D eigenvalue weighted by atomic mass is 10.2. The van der Waals surface area contributed by atoms with Crippen LogP contribution >= 0.6 is 0 Å². The van der Waals surface area contributed by atoms with E-state index in [4.69, 9.17) is 0 Å². The molecule has 1 rings (SSSR count). The first-order valence-electron chi connectivity index (χ1n) is 3.17. The van der Waals surface area contributed by atoms with E-state index >= 15 is 0 Å². The van der Waals surface area contributed by atoms with Gasteiger partial charge in [-0.05, 0) is 12.1 Å². The number of anilines is 1. The Morgan fingerprint density at radius 1 is 1.20 bits per heavy atom. The number of hydrogen-bond donors (Lipinski definition) is 0. The highest BCUT2D eigenvalue weighted by Crippen LogP contribution is 2.20. The van der Waals surface area contributed by atoms with Crippen LogP contribution in [0.3, 0.4) is 0 Å². The maximum Gasteiger partial charge on any atom is 0.109 e. The van der Waals surface area contributed by atoms with E-state index in [-0.39, 0.29) is 0 Å². The van der Waals surface area contributed by atoms with Gasteiger partial charge in [0.15, 0.2) is 0 Å². The molecule has 2 nitrogen and oxygen atoms in total. The summed E-state index contributed by atoms with van der Waals surface area (Å²) in [5.74, 6) is 0. The predicted octanol–water partition coefficient (Wildman–Crippen LogP) is 1.45. The number of rotatable bonds is 1. The molecule has 2 heteroatoms. The monoisotopic (exact) mass is 134 g/mol. The molecule has 0 atom stereocenters. The summed E-state index contributed by atoms with van der Waals surface area (Å²) < 4.78 is 0. The van der Waals surface area contributed by atoms with E-state index in [1.165, 1.54) is 0 Å². The van der Waals surface area contributed by atoms with Gasteiger partial charge in [-0.15, -0.1) is 5.73 Å². The molecule has 0 aliphatic rings. The lowest BCUT2D eigenvalue weighted by Gasteiger charge is -2.12. The van der Waals surface area contributed by atoms with Gasteiger partial charge in [0.2, 0.25) is 0 Å². The Hall–Kier alpha value is -1.18. The molecule has 0 amide bonds. The lowest BCUT2D eigenvalue weighted by Crippen LogP contribution is -2.08. The number of benzene rings is 1. The van der Waals surface area contributed by atoms with Crippen molar-refractivity contribution in [2.24, 2.45) is 0 Å². The topological polar surface area (TPSA) is 25.5 Å². The minimum atomic E-state index is 0.326. The van der Waals surface area contributed by atoms with Crippen LogP contribution in [-0.2, 0) is 0 Å². The van der Waals surface area contributed by atoms with E-state index in [1.54, 1.807) is 6.07 Å². The zero-order valence-electron chi connectivity index (χ0n) is 6.20. The molecule has 0 heterocycles. The van der Waals surface area contributed by atoms with Gasteiger partial charge >= 0.3 is 0 Å². The smallest absolute Gasteiger partial charge is 0.109 e. The van der Waals surface area contributed by atoms with Crippen LogP contribution < -0.4 is 10.6 Å². The van der Waals surface area contributed by atoms with Crippen molar-refractivity contribution in [2.45, 2.75) is 0 Å². The SMILES string of the molecule is CN(C)c1ccccc1[N]. The molecule has 1 aromatic carbocycles. The molecule has 1 aromatic rings. The highest BCUT2D eigenvalue weighted by molar-refractivity contribution is 5.64. The molecule has 0 saturated heterocycles. The third kappa shape index (κ3) is 1.21. The van der Waals surface area contributed by atoms with Crippen LogP contribution in [0.1, 0.15) is 0 Å². The molecule has 0 saturated carbocycles. The van der Waals surface area contributed by atoms with Gasteiger partial charge < -0.3 is 4.90 Å². The average Bonchev–Trinajstić information content (AvgIpc) is 1.88. The maximum absolute atomic E-state index is 9.24. The van der Waals surface area contributed by atoms with E-state index < -0.39 is 0 Å². The van der Waals surface area contributed by atoms with Crippen molar-refractivity contribution >= 4 is 11.4 Å². The minimum Gasteiger partial charge on any atom is -0.376 e. The van der Waals surface area contributed by atoms with Gasteiger partial charge in [0, 0.05) is 14.1 Å². The zero-order chi connectivity index (χ0) is 7.56. The van der Waals surface area contributed by atoms with Crippen LogP contribution in [0.5, 0.6) is 0 Å².